The number of nitrogens with zero attached hydrogens (tertiary/aromatic N) is 2. The first-order valence-corrected chi connectivity index (χ1v) is 7.65. The molecular formula is C18H16N4O2. The van der Waals surface area contributed by atoms with E-state index in [9.17, 15) is 9.59 Å². The van der Waals surface area contributed by atoms with E-state index in [0.29, 0.717) is 30.6 Å². The standard InChI is InChI=1S/C18H16N4O2/c19-12-13-5-3-6-14(11-13)17(23)20-9-4-10-22-16-8-2-1-7-15(16)21-18(22)24/h1-3,5-8,11H,4,9-10H2,(H,20,23)(H,21,24). The molecule has 0 fully saturated rings. The van der Waals surface area contributed by atoms with Crippen LogP contribution in [0.3, 0.4) is 0 Å². The Hall–Kier alpha value is -3.33. The van der Waals surface area contributed by atoms with Crippen molar-refractivity contribution in [2.24, 2.45) is 0 Å². The lowest BCUT2D eigenvalue weighted by Gasteiger charge is -2.06. The van der Waals surface area contributed by atoms with Gasteiger partial charge in [-0.1, -0.05) is 18.2 Å². The van der Waals surface area contributed by atoms with Crippen molar-refractivity contribution in [1.82, 2.24) is 14.9 Å². The van der Waals surface area contributed by atoms with Gasteiger partial charge < -0.3 is 10.3 Å². The highest BCUT2D eigenvalue weighted by Crippen LogP contribution is 2.09. The Morgan fingerprint density at radius 3 is 2.88 bits per heavy atom. The van der Waals surface area contributed by atoms with Crippen molar-refractivity contribution in [3.05, 3.63) is 70.1 Å². The molecule has 0 unspecified atom stereocenters. The van der Waals surface area contributed by atoms with Crippen LogP contribution in [-0.4, -0.2) is 22.0 Å². The molecule has 1 aromatic heterocycles. The smallest absolute Gasteiger partial charge is 0.326 e. The quantitative estimate of drug-likeness (QED) is 0.705. The summed E-state index contributed by atoms with van der Waals surface area (Å²) in [4.78, 5) is 26.8. The molecule has 0 bridgehead atoms. The number of aryl methyl sites for hydroxylation is 1. The van der Waals surface area contributed by atoms with Crippen molar-refractivity contribution in [2.75, 3.05) is 6.54 Å². The number of aromatic nitrogens is 2. The Morgan fingerprint density at radius 1 is 1.21 bits per heavy atom. The Morgan fingerprint density at radius 2 is 2.04 bits per heavy atom. The molecular weight excluding hydrogens is 304 g/mol. The summed E-state index contributed by atoms with van der Waals surface area (Å²) in [5.74, 6) is -0.224. The lowest BCUT2D eigenvalue weighted by atomic mass is 10.1. The molecule has 0 spiro atoms. The third-order valence-corrected chi connectivity index (χ3v) is 3.78. The fourth-order valence-corrected chi connectivity index (χ4v) is 2.60. The van der Waals surface area contributed by atoms with Crippen molar-refractivity contribution in [3.8, 4) is 6.07 Å². The van der Waals surface area contributed by atoms with Gasteiger partial charge in [0, 0.05) is 18.7 Å². The monoisotopic (exact) mass is 320 g/mol. The molecule has 120 valence electrons. The summed E-state index contributed by atoms with van der Waals surface area (Å²) in [6.07, 6.45) is 0.630. The van der Waals surface area contributed by atoms with Crippen LogP contribution in [0.15, 0.2) is 53.3 Å². The third-order valence-electron chi connectivity index (χ3n) is 3.78. The van der Waals surface area contributed by atoms with Crippen molar-refractivity contribution in [2.45, 2.75) is 13.0 Å². The van der Waals surface area contributed by atoms with Crippen molar-refractivity contribution in [3.63, 3.8) is 0 Å². The second kappa shape index (κ2) is 6.84. The molecule has 24 heavy (non-hydrogen) atoms. The highest BCUT2D eigenvalue weighted by Gasteiger charge is 2.07. The van der Waals surface area contributed by atoms with Gasteiger partial charge in [0.15, 0.2) is 0 Å². The molecule has 1 heterocycles. The van der Waals surface area contributed by atoms with Gasteiger partial charge in [-0.3, -0.25) is 9.36 Å². The van der Waals surface area contributed by atoms with E-state index < -0.39 is 0 Å². The molecule has 6 nitrogen and oxygen atoms in total. The Bertz CT molecular complexity index is 978. The van der Waals surface area contributed by atoms with Gasteiger partial charge in [-0.05, 0) is 36.8 Å². The zero-order valence-corrected chi connectivity index (χ0v) is 13.0. The number of amides is 1. The molecule has 2 N–H and O–H groups in total. The highest BCUT2D eigenvalue weighted by atomic mass is 16.2. The number of fused-ring (bicyclic) bond motifs is 1. The first kappa shape index (κ1) is 15.6. The first-order chi connectivity index (χ1) is 11.7. The van der Waals surface area contributed by atoms with Gasteiger partial charge in [-0.15, -0.1) is 0 Å². The summed E-state index contributed by atoms with van der Waals surface area (Å²) in [6.45, 7) is 0.961. The van der Waals surface area contributed by atoms with E-state index in [2.05, 4.69) is 10.3 Å². The SMILES string of the molecule is N#Cc1cccc(C(=O)NCCCn2c(=O)[nH]c3ccccc32)c1. The zero-order chi connectivity index (χ0) is 16.9. The molecule has 0 saturated carbocycles. The highest BCUT2D eigenvalue weighted by molar-refractivity contribution is 5.94. The maximum absolute atomic E-state index is 12.1. The topological polar surface area (TPSA) is 90.7 Å². The second-order valence-electron chi connectivity index (χ2n) is 5.40. The molecule has 2 aromatic carbocycles. The van der Waals surface area contributed by atoms with Crippen LogP contribution >= 0.6 is 0 Å². The van der Waals surface area contributed by atoms with Gasteiger partial charge in [-0.25, -0.2) is 4.79 Å². The molecule has 6 heteroatoms. The lowest BCUT2D eigenvalue weighted by molar-refractivity contribution is 0.0952. The average molecular weight is 320 g/mol. The minimum Gasteiger partial charge on any atom is -0.352 e. The lowest BCUT2D eigenvalue weighted by Crippen LogP contribution is -2.26. The summed E-state index contributed by atoms with van der Waals surface area (Å²) in [7, 11) is 0. The van der Waals surface area contributed by atoms with Gasteiger partial charge in [0.25, 0.3) is 5.91 Å². The Kier molecular flexibility index (Phi) is 4.43. The number of rotatable bonds is 5. The molecule has 0 aliphatic rings. The summed E-state index contributed by atoms with van der Waals surface area (Å²) < 4.78 is 1.66. The fourth-order valence-electron chi connectivity index (χ4n) is 2.60. The molecule has 1 amide bonds. The van der Waals surface area contributed by atoms with E-state index in [0.717, 1.165) is 11.0 Å². The molecule has 3 rings (SSSR count). The maximum Gasteiger partial charge on any atom is 0.326 e. The summed E-state index contributed by atoms with van der Waals surface area (Å²) >= 11 is 0. The van der Waals surface area contributed by atoms with Crippen LogP contribution in [-0.2, 0) is 6.54 Å². The molecule has 0 radical (unpaired) electrons. The van der Waals surface area contributed by atoms with E-state index >= 15 is 0 Å². The van der Waals surface area contributed by atoms with Gasteiger partial charge >= 0.3 is 5.69 Å². The number of imidazole rings is 1. The second-order valence-corrected chi connectivity index (χ2v) is 5.40. The summed E-state index contributed by atoms with van der Waals surface area (Å²) in [5, 5.41) is 11.7. The minimum atomic E-state index is -0.224. The van der Waals surface area contributed by atoms with Crippen LogP contribution < -0.4 is 11.0 Å². The van der Waals surface area contributed by atoms with Gasteiger partial charge in [0.05, 0.1) is 22.7 Å². The number of para-hydroxylation sites is 2. The predicted octanol–water partition coefficient (Wildman–Crippen LogP) is 2.02. The van der Waals surface area contributed by atoms with Gasteiger partial charge in [-0.2, -0.15) is 5.26 Å². The number of carbonyl (C=O) groups is 1. The van der Waals surface area contributed by atoms with E-state index in [4.69, 9.17) is 5.26 Å². The Labute approximate surface area is 138 Å². The third kappa shape index (κ3) is 3.20. The first-order valence-electron chi connectivity index (χ1n) is 7.65. The number of hydrogen-bond donors (Lipinski definition) is 2. The van der Waals surface area contributed by atoms with E-state index in [-0.39, 0.29) is 11.6 Å². The summed E-state index contributed by atoms with van der Waals surface area (Å²) in [6, 6.07) is 16.1. The largest absolute Gasteiger partial charge is 0.352 e. The van der Waals surface area contributed by atoms with Crippen molar-refractivity contribution >= 4 is 16.9 Å². The van der Waals surface area contributed by atoms with Gasteiger partial charge in [0.2, 0.25) is 0 Å². The molecule has 0 aliphatic heterocycles. The summed E-state index contributed by atoms with van der Waals surface area (Å²) in [5.41, 5.74) is 2.42. The minimum absolute atomic E-state index is 0.149. The van der Waals surface area contributed by atoms with E-state index in [1.54, 1.807) is 28.8 Å². The van der Waals surface area contributed by atoms with Crippen LogP contribution in [0.25, 0.3) is 11.0 Å². The molecule has 3 aromatic rings. The van der Waals surface area contributed by atoms with Crippen LogP contribution in [0, 0.1) is 11.3 Å². The number of hydrogen-bond acceptors (Lipinski definition) is 3. The van der Waals surface area contributed by atoms with Crippen LogP contribution in [0.2, 0.25) is 0 Å². The fraction of sp³-hybridized carbons (Fsp3) is 0.167. The van der Waals surface area contributed by atoms with Gasteiger partial charge in [0.1, 0.15) is 0 Å². The number of carbonyl (C=O) groups excluding carboxylic acids is 1. The van der Waals surface area contributed by atoms with Crippen LogP contribution in [0.4, 0.5) is 0 Å². The number of nitriles is 1. The normalized spacial score (nSPS) is 10.5. The molecule has 0 aliphatic carbocycles. The van der Waals surface area contributed by atoms with Crippen LogP contribution in [0.1, 0.15) is 22.3 Å². The molecule has 0 atom stereocenters. The average Bonchev–Trinajstić information content (AvgIpc) is 2.94. The number of nitrogens with one attached hydrogen (secondary N) is 2. The van der Waals surface area contributed by atoms with E-state index in [1.165, 1.54) is 0 Å². The van der Waals surface area contributed by atoms with Crippen molar-refractivity contribution in [1.29, 1.82) is 5.26 Å². The Balaban J connectivity index is 1.59. The number of H-pyrrole nitrogens is 1. The van der Waals surface area contributed by atoms with Crippen molar-refractivity contribution < 1.29 is 4.79 Å². The number of benzene rings is 2. The van der Waals surface area contributed by atoms with Crippen LogP contribution in [0.5, 0.6) is 0 Å². The predicted molar refractivity (Wildman–Crippen MR) is 90.7 cm³/mol. The molecule has 0 saturated heterocycles. The maximum atomic E-state index is 12.1. The number of aromatic amines is 1. The zero-order valence-electron chi connectivity index (χ0n) is 13.0. The van der Waals surface area contributed by atoms with E-state index in [1.807, 2.05) is 30.3 Å².